The first kappa shape index (κ1) is 35.7. The van der Waals surface area contributed by atoms with E-state index in [0.717, 1.165) is 32.2 Å². The Hall–Kier alpha value is -0.500. The van der Waals surface area contributed by atoms with Gasteiger partial charge in [0.2, 0.25) is 0 Å². The Morgan fingerprint density at radius 1 is 0.875 bits per heavy atom. The van der Waals surface area contributed by atoms with Crippen LogP contribution in [0.5, 0.6) is 0 Å². The van der Waals surface area contributed by atoms with Crippen molar-refractivity contribution in [1.29, 1.82) is 0 Å². The summed E-state index contributed by atoms with van der Waals surface area (Å²) in [4.78, 5) is 19.4. The molecule has 0 aromatic rings. The van der Waals surface area contributed by atoms with Crippen molar-refractivity contribution in [2.75, 3.05) is 72.3 Å². The lowest BCUT2D eigenvalue weighted by Crippen LogP contribution is -2.36. The lowest BCUT2D eigenvalue weighted by molar-refractivity contribution is 0.0226. The number of rotatable bonds is 23. The minimum Gasteiger partial charge on any atom is -0.377 e. The summed E-state index contributed by atoms with van der Waals surface area (Å²) < 4.78 is 49.4. The van der Waals surface area contributed by atoms with E-state index in [9.17, 15) is 18.9 Å². The Morgan fingerprint density at radius 2 is 1.43 bits per heavy atom. The molecule has 0 amide bonds. The van der Waals surface area contributed by atoms with Gasteiger partial charge in [0.25, 0.3) is 0 Å². The molecule has 2 rings (SSSR count). The average Bonchev–Trinajstić information content (AvgIpc) is 2.93. The van der Waals surface area contributed by atoms with Crippen molar-refractivity contribution in [2.45, 2.75) is 58.0 Å². The van der Waals surface area contributed by atoms with E-state index in [1.165, 1.54) is 24.3 Å². The van der Waals surface area contributed by atoms with Crippen LogP contribution in [0.15, 0.2) is 23.8 Å². The fraction of sp³-hybridized carbons (Fsp3) is 0.840. The van der Waals surface area contributed by atoms with Crippen LogP contribution in [0.25, 0.3) is 0 Å². The molecule has 15 heteroatoms. The van der Waals surface area contributed by atoms with Crippen LogP contribution in [0.2, 0.25) is 0 Å². The number of nitrogens with two attached hydrogens (primary N) is 1. The Morgan fingerprint density at radius 3 is 1.98 bits per heavy atom. The molecule has 0 aliphatic heterocycles. The van der Waals surface area contributed by atoms with Crippen molar-refractivity contribution in [1.82, 2.24) is 15.6 Å². The lowest BCUT2D eigenvalue weighted by Gasteiger charge is -2.30. The third kappa shape index (κ3) is 16.8. The largest absolute Gasteiger partial charge is 0.472 e. The number of nitrogens with zero attached hydrogens (tertiary/aromatic N) is 1. The highest BCUT2D eigenvalue weighted by Crippen LogP contribution is 2.43. The first-order chi connectivity index (χ1) is 19.2. The van der Waals surface area contributed by atoms with Crippen LogP contribution in [0.4, 0.5) is 0 Å². The predicted octanol–water partition coefficient (Wildman–Crippen LogP) is 2.87. The summed E-state index contributed by atoms with van der Waals surface area (Å²) in [5.41, 5.74) is 1.59. The smallest absolute Gasteiger partial charge is 0.377 e. The normalized spacial score (nSPS) is 22.7. The van der Waals surface area contributed by atoms with Gasteiger partial charge in [-0.3, -0.25) is 23.9 Å². The van der Waals surface area contributed by atoms with Crippen LogP contribution in [0, 0.1) is 5.92 Å². The van der Waals surface area contributed by atoms with Crippen molar-refractivity contribution in [2.24, 2.45) is 11.8 Å². The molecular formula is C25H50N4O9P2. The fourth-order valence-corrected chi connectivity index (χ4v) is 5.90. The van der Waals surface area contributed by atoms with Crippen LogP contribution in [0.1, 0.15) is 51.9 Å². The van der Waals surface area contributed by atoms with Gasteiger partial charge >= 0.3 is 15.6 Å². The van der Waals surface area contributed by atoms with Gasteiger partial charge in [-0.15, -0.1) is 0 Å². The van der Waals surface area contributed by atoms with Crippen LogP contribution in [0.3, 0.4) is 0 Å². The van der Waals surface area contributed by atoms with Crippen molar-refractivity contribution in [3.63, 3.8) is 0 Å². The molecule has 0 spiro atoms. The van der Waals surface area contributed by atoms with Gasteiger partial charge in [0.05, 0.1) is 39.1 Å². The molecule has 0 saturated heterocycles. The molecule has 1 fully saturated rings. The van der Waals surface area contributed by atoms with Crippen molar-refractivity contribution >= 4 is 15.6 Å². The van der Waals surface area contributed by atoms with E-state index < -0.39 is 15.6 Å². The van der Waals surface area contributed by atoms with Crippen molar-refractivity contribution in [3.05, 3.63) is 23.8 Å². The van der Waals surface area contributed by atoms with Gasteiger partial charge in [0, 0.05) is 32.7 Å². The van der Waals surface area contributed by atoms with Gasteiger partial charge < -0.3 is 25.2 Å². The second-order valence-corrected chi connectivity index (χ2v) is 12.8. The first-order valence-corrected chi connectivity index (χ1v) is 17.3. The summed E-state index contributed by atoms with van der Waals surface area (Å²) in [7, 11) is -8.38. The Bertz CT molecular complexity index is 841. The number of allylic oxidation sites excluding steroid dienone is 4. The average molecular weight is 613 g/mol. The number of phosphoric acid groups is 2. The van der Waals surface area contributed by atoms with Gasteiger partial charge in [-0.05, 0) is 57.4 Å². The van der Waals surface area contributed by atoms with Crippen molar-refractivity contribution < 1.29 is 41.7 Å². The van der Waals surface area contributed by atoms with Gasteiger partial charge in [0.15, 0.2) is 0 Å². The predicted molar refractivity (Wildman–Crippen MR) is 153 cm³/mol. The van der Waals surface area contributed by atoms with Gasteiger partial charge in [-0.1, -0.05) is 30.7 Å². The number of ether oxygens (including phenoxy) is 1. The second-order valence-electron chi connectivity index (χ2n) is 9.86. The molecule has 13 nitrogen and oxygen atoms in total. The van der Waals surface area contributed by atoms with Crippen molar-refractivity contribution in [3.8, 4) is 0 Å². The molecule has 1 saturated carbocycles. The highest BCUT2D eigenvalue weighted by molar-refractivity contribution is 7.47. The number of hydrazine groups is 1. The molecule has 0 aromatic carbocycles. The summed E-state index contributed by atoms with van der Waals surface area (Å²) in [6.07, 6.45) is 14.8. The number of hydrogen-bond acceptors (Lipinski definition) is 11. The Labute approximate surface area is 239 Å². The molecule has 2 unspecified atom stereocenters. The van der Waals surface area contributed by atoms with E-state index in [0.29, 0.717) is 38.3 Å². The molecule has 40 heavy (non-hydrogen) atoms. The lowest BCUT2D eigenvalue weighted by atomic mass is 9.80. The maximum Gasteiger partial charge on any atom is 0.472 e. The minimum atomic E-state index is -4.22. The summed E-state index contributed by atoms with van der Waals surface area (Å²) in [6.45, 7) is 4.72. The molecule has 6 N–H and O–H groups in total. The summed E-state index contributed by atoms with van der Waals surface area (Å²) in [5, 5.41) is 7.41. The van der Waals surface area contributed by atoms with Gasteiger partial charge in [0.1, 0.15) is 0 Å². The fourth-order valence-electron chi connectivity index (χ4n) is 4.49. The molecule has 2 aliphatic carbocycles. The molecule has 0 aromatic heterocycles. The molecular weight excluding hydrogens is 562 g/mol. The maximum absolute atomic E-state index is 12.0. The molecule has 0 bridgehead atoms. The Balaban J connectivity index is 1.42. The summed E-state index contributed by atoms with van der Waals surface area (Å²) in [5.74, 6) is 6.46. The molecule has 0 heterocycles. The van der Waals surface area contributed by atoms with Crippen LogP contribution in [-0.2, 0) is 32.0 Å². The zero-order valence-electron chi connectivity index (χ0n) is 23.8. The topological polar surface area (TPSA) is 174 Å². The minimum absolute atomic E-state index is 0.00235. The third-order valence-electron chi connectivity index (χ3n) is 6.64. The van der Waals surface area contributed by atoms with Crippen LogP contribution < -0.4 is 16.5 Å². The monoisotopic (exact) mass is 612 g/mol. The third-order valence-corrected chi connectivity index (χ3v) is 8.67. The first-order valence-electron chi connectivity index (χ1n) is 14.3. The number of nitrogens with one attached hydrogen (secondary N) is 2. The zero-order chi connectivity index (χ0) is 29.1. The van der Waals surface area contributed by atoms with E-state index in [4.69, 9.17) is 28.7 Å². The number of hydrogen-bond donors (Lipinski definition) is 5. The van der Waals surface area contributed by atoms with E-state index in [2.05, 4.69) is 28.9 Å². The summed E-state index contributed by atoms with van der Waals surface area (Å²) >= 11 is 0. The SMILES string of the molecule is CCCNCCOP(=O)(O)OCCN(N)CCOP(=O)(O)OCCNCCOC1CCC(C2=CC=CCC2)CC1. The zero-order valence-corrected chi connectivity index (χ0v) is 25.6. The number of phosphoric ester groups is 2. The van der Waals surface area contributed by atoms with Crippen LogP contribution in [-0.4, -0.2) is 93.2 Å². The highest BCUT2D eigenvalue weighted by atomic mass is 31.2. The standard InChI is InChI=1S/C25H50N4O9P2/c1-2-12-27-14-19-35-39(30,31)37-21-16-29(26)17-22-38-40(32,33)36-20-15-28-13-18-34-25-10-8-24(9-11-25)23-6-4-3-5-7-23/h3-4,6,24-25,27-28H,2,5,7-22,26H2,1H3,(H,30,31)(H,32,33). The quantitative estimate of drug-likeness (QED) is 0.0494. The molecule has 0 radical (unpaired) electrons. The molecule has 234 valence electrons. The van der Waals surface area contributed by atoms with E-state index in [1.54, 1.807) is 5.57 Å². The highest BCUT2D eigenvalue weighted by Gasteiger charge is 2.25. The second kappa shape index (κ2) is 20.4. The van der Waals surface area contributed by atoms with Gasteiger partial charge in [-0.2, -0.15) is 0 Å². The molecule has 2 aliphatic rings. The Kier molecular flexibility index (Phi) is 18.2. The summed E-state index contributed by atoms with van der Waals surface area (Å²) in [6, 6.07) is 0. The van der Waals surface area contributed by atoms with E-state index in [-0.39, 0.29) is 39.5 Å². The van der Waals surface area contributed by atoms with E-state index >= 15 is 0 Å². The van der Waals surface area contributed by atoms with Crippen LogP contribution >= 0.6 is 15.6 Å². The maximum atomic E-state index is 12.0. The molecule has 2 atom stereocenters. The van der Waals surface area contributed by atoms with E-state index in [1.807, 2.05) is 6.92 Å². The van der Waals surface area contributed by atoms with Gasteiger partial charge in [-0.25, -0.2) is 14.1 Å².